The van der Waals surface area contributed by atoms with Crippen LogP contribution in [0.5, 0.6) is 11.5 Å². The minimum Gasteiger partial charge on any atom is -0.491 e. The Balaban J connectivity index is 1.64. The summed E-state index contributed by atoms with van der Waals surface area (Å²) >= 11 is 6.19. The molecule has 1 N–H and O–H groups in total. The van der Waals surface area contributed by atoms with Crippen LogP contribution in [-0.2, 0) is 19.1 Å². The monoisotopic (exact) mass is 444 g/mol. The number of methoxy groups -OCH3 is 1. The Labute approximate surface area is 184 Å². The van der Waals surface area contributed by atoms with Crippen LogP contribution in [0.3, 0.4) is 0 Å². The van der Waals surface area contributed by atoms with Crippen molar-refractivity contribution in [3.8, 4) is 11.5 Å². The van der Waals surface area contributed by atoms with Gasteiger partial charge in [-0.1, -0.05) is 23.7 Å². The molecule has 0 saturated carbocycles. The minimum absolute atomic E-state index is 0.145. The largest absolute Gasteiger partial charge is 0.491 e. The first-order chi connectivity index (χ1) is 14.9. The number of para-hydroxylation sites is 2. The summed E-state index contributed by atoms with van der Waals surface area (Å²) in [6.45, 7) is 1.60. The van der Waals surface area contributed by atoms with Gasteiger partial charge in [-0.2, -0.15) is 0 Å². The molecule has 0 radical (unpaired) electrons. The Morgan fingerprint density at radius 3 is 2.77 bits per heavy atom. The summed E-state index contributed by atoms with van der Waals surface area (Å²) in [5.41, 5.74) is 1.67. The van der Waals surface area contributed by atoms with Gasteiger partial charge >= 0.3 is 5.97 Å². The molecule has 0 atom stereocenters. The van der Waals surface area contributed by atoms with Crippen molar-refractivity contribution in [2.45, 2.75) is 6.92 Å². The molecular formula is C22H21ClN2O6. The molecule has 2 aromatic carbocycles. The molecule has 0 saturated heterocycles. The molecule has 1 heterocycles. The quantitative estimate of drug-likeness (QED) is 0.520. The molecule has 8 nitrogen and oxygen atoms in total. The van der Waals surface area contributed by atoms with Crippen LogP contribution in [0.2, 0.25) is 5.02 Å². The summed E-state index contributed by atoms with van der Waals surface area (Å²) < 4.78 is 15.8. The second kappa shape index (κ2) is 9.99. The highest BCUT2D eigenvalue weighted by Crippen LogP contribution is 2.36. The third-order valence-electron chi connectivity index (χ3n) is 4.36. The fraction of sp³-hybridized carbons (Fsp3) is 0.227. The number of fused-ring (bicyclic) bond motifs is 1. The van der Waals surface area contributed by atoms with Gasteiger partial charge in [0, 0.05) is 6.08 Å². The number of rotatable bonds is 7. The molecule has 1 aliphatic rings. The summed E-state index contributed by atoms with van der Waals surface area (Å²) in [6.07, 6.45) is 2.67. The number of amides is 2. The third kappa shape index (κ3) is 5.35. The number of ether oxygens (including phenoxy) is 3. The standard InChI is InChI=1S/C22H21ClN2O6/c1-3-30-18-11-14(10-15(23)22(18)29-2)8-9-21(28)31-13-20(27)25-12-19(26)24-16-6-4-5-7-17(16)25/h4-11H,3,12-13H2,1-2H3,(H,24,26). The Morgan fingerprint density at radius 1 is 1.26 bits per heavy atom. The summed E-state index contributed by atoms with van der Waals surface area (Å²) in [5.74, 6) is -0.689. The van der Waals surface area contributed by atoms with Crippen molar-refractivity contribution in [2.75, 3.05) is 37.1 Å². The molecule has 31 heavy (non-hydrogen) atoms. The summed E-state index contributed by atoms with van der Waals surface area (Å²) in [4.78, 5) is 37.7. The van der Waals surface area contributed by atoms with E-state index in [9.17, 15) is 14.4 Å². The zero-order valence-electron chi connectivity index (χ0n) is 17.0. The van der Waals surface area contributed by atoms with E-state index in [1.807, 2.05) is 6.92 Å². The first-order valence-corrected chi connectivity index (χ1v) is 9.85. The van der Waals surface area contributed by atoms with E-state index in [4.69, 9.17) is 25.8 Å². The highest BCUT2D eigenvalue weighted by molar-refractivity contribution is 6.32. The molecule has 0 fully saturated rings. The number of hydrogen-bond acceptors (Lipinski definition) is 6. The van der Waals surface area contributed by atoms with E-state index in [0.29, 0.717) is 40.1 Å². The first-order valence-electron chi connectivity index (χ1n) is 9.47. The van der Waals surface area contributed by atoms with E-state index < -0.39 is 18.5 Å². The Hall–Kier alpha value is -3.52. The first kappa shape index (κ1) is 22.2. The van der Waals surface area contributed by atoms with Crippen LogP contribution in [-0.4, -0.2) is 44.7 Å². The molecule has 2 amide bonds. The minimum atomic E-state index is -0.715. The van der Waals surface area contributed by atoms with E-state index in [0.717, 1.165) is 0 Å². The summed E-state index contributed by atoms with van der Waals surface area (Å²) in [6, 6.07) is 10.2. The summed E-state index contributed by atoms with van der Waals surface area (Å²) in [5, 5.41) is 3.02. The smallest absolute Gasteiger partial charge is 0.331 e. The van der Waals surface area contributed by atoms with Gasteiger partial charge in [0.15, 0.2) is 18.1 Å². The van der Waals surface area contributed by atoms with Crippen molar-refractivity contribution in [1.29, 1.82) is 0 Å². The molecule has 0 aromatic heterocycles. The van der Waals surface area contributed by atoms with Gasteiger partial charge in [-0.25, -0.2) is 4.79 Å². The third-order valence-corrected chi connectivity index (χ3v) is 4.64. The maximum Gasteiger partial charge on any atom is 0.331 e. The average Bonchev–Trinajstić information content (AvgIpc) is 2.75. The van der Waals surface area contributed by atoms with Gasteiger partial charge in [0.1, 0.15) is 6.54 Å². The van der Waals surface area contributed by atoms with Crippen LogP contribution in [0.4, 0.5) is 11.4 Å². The molecular weight excluding hydrogens is 424 g/mol. The van der Waals surface area contributed by atoms with Crippen molar-refractivity contribution in [3.05, 3.63) is 53.1 Å². The van der Waals surface area contributed by atoms with E-state index in [1.54, 1.807) is 36.4 Å². The summed E-state index contributed by atoms with van der Waals surface area (Å²) in [7, 11) is 1.48. The van der Waals surface area contributed by atoms with Crippen molar-refractivity contribution in [2.24, 2.45) is 0 Å². The SMILES string of the molecule is CCOc1cc(C=CC(=O)OCC(=O)N2CC(=O)Nc3ccccc32)cc(Cl)c1OC. The number of anilines is 2. The molecule has 1 aliphatic heterocycles. The van der Waals surface area contributed by atoms with E-state index in [1.165, 1.54) is 24.2 Å². The molecule has 0 aliphatic carbocycles. The highest BCUT2D eigenvalue weighted by atomic mass is 35.5. The average molecular weight is 445 g/mol. The number of nitrogens with one attached hydrogen (secondary N) is 1. The molecule has 162 valence electrons. The number of hydrogen-bond donors (Lipinski definition) is 1. The van der Waals surface area contributed by atoms with Crippen LogP contribution < -0.4 is 19.7 Å². The Bertz CT molecular complexity index is 1040. The van der Waals surface area contributed by atoms with E-state index >= 15 is 0 Å². The lowest BCUT2D eigenvalue weighted by Crippen LogP contribution is -2.43. The maximum atomic E-state index is 12.5. The Kier molecular flexibility index (Phi) is 7.15. The van der Waals surface area contributed by atoms with E-state index in [2.05, 4.69) is 5.32 Å². The second-order valence-electron chi connectivity index (χ2n) is 6.45. The van der Waals surface area contributed by atoms with Crippen LogP contribution in [0.1, 0.15) is 12.5 Å². The van der Waals surface area contributed by atoms with Crippen LogP contribution in [0, 0.1) is 0 Å². The number of esters is 1. The van der Waals surface area contributed by atoms with Crippen molar-refractivity contribution in [3.63, 3.8) is 0 Å². The number of carbonyl (C=O) groups excluding carboxylic acids is 3. The van der Waals surface area contributed by atoms with Gasteiger partial charge < -0.3 is 19.5 Å². The fourth-order valence-corrected chi connectivity index (χ4v) is 3.32. The van der Waals surface area contributed by atoms with Crippen LogP contribution in [0.25, 0.3) is 6.08 Å². The van der Waals surface area contributed by atoms with Gasteiger partial charge in [-0.15, -0.1) is 0 Å². The van der Waals surface area contributed by atoms with Gasteiger partial charge in [-0.3, -0.25) is 14.5 Å². The van der Waals surface area contributed by atoms with Gasteiger partial charge in [0.05, 0.1) is 30.1 Å². The Morgan fingerprint density at radius 2 is 2.03 bits per heavy atom. The second-order valence-corrected chi connectivity index (χ2v) is 6.86. The molecule has 0 unspecified atom stereocenters. The molecule has 2 aromatic rings. The number of nitrogens with zero attached hydrogens (tertiary/aromatic N) is 1. The van der Waals surface area contributed by atoms with Gasteiger partial charge in [0.2, 0.25) is 5.91 Å². The molecule has 9 heteroatoms. The lowest BCUT2D eigenvalue weighted by atomic mass is 10.2. The predicted octanol–water partition coefficient (Wildman–Crippen LogP) is 3.29. The van der Waals surface area contributed by atoms with Crippen LogP contribution >= 0.6 is 11.6 Å². The lowest BCUT2D eigenvalue weighted by molar-refractivity contribution is -0.143. The predicted molar refractivity (Wildman–Crippen MR) is 117 cm³/mol. The normalized spacial score (nSPS) is 12.9. The fourth-order valence-electron chi connectivity index (χ4n) is 3.02. The number of carbonyl (C=O) groups is 3. The lowest BCUT2D eigenvalue weighted by Gasteiger charge is -2.28. The van der Waals surface area contributed by atoms with E-state index in [-0.39, 0.29) is 12.5 Å². The zero-order chi connectivity index (χ0) is 22.4. The topological polar surface area (TPSA) is 94.2 Å². The maximum absolute atomic E-state index is 12.5. The van der Waals surface area contributed by atoms with Gasteiger partial charge in [0.25, 0.3) is 5.91 Å². The molecule has 3 rings (SSSR count). The van der Waals surface area contributed by atoms with Gasteiger partial charge in [-0.05, 0) is 42.8 Å². The number of benzene rings is 2. The molecule has 0 bridgehead atoms. The van der Waals surface area contributed by atoms with Crippen molar-refractivity contribution < 1.29 is 28.6 Å². The van der Waals surface area contributed by atoms with Crippen LogP contribution in [0.15, 0.2) is 42.5 Å². The van der Waals surface area contributed by atoms with Crippen molar-refractivity contribution in [1.82, 2.24) is 0 Å². The highest BCUT2D eigenvalue weighted by Gasteiger charge is 2.27. The van der Waals surface area contributed by atoms with Crippen molar-refractivity contribution >= 4 is 46.8 Å². The number of halogens is 1. The molecule has 0 spiro atoms. The zero-order valence-corrected chi connectivity index (χ0v) is 17.8.